The summed E-state index contributed by atoms with van der Waals surface area (Å²) in [5.41, 5.74) is 8.36. The van der Waals surface area contributed by atoms with Crippen LogP contribution in [0.2, 0.25) is 0 Å². The molecule has 1 aromatic heterocycles. The molecule has 0 spiro atoms. The van der Waals surface area contributed by atoms with Crippen LogP contribution in [0.25, 0.3) is 11.3 Å². The Morgan fingerprint density at radius 3 is 2.75 bits per heavy atom. The summed E-state index contributed by atoms with van der Waals surface area (Å²) in [6.45, 7) is 2.45. The highest BCUT2D eigenvalue weighted by molar-refractivity contribution is 5.96. The van der Waals surface area contributed by atoms with Gasteiger partial charge in [0, 0.05) is 23.5 Å². The summed E-state index contributed by atoms with van der Waals surface area (Å²) in [5, 5.41) is 9.38. The van der Waals surface area contributed by atoms with Crippen molar-refractivity contribution >= 4 is 11.3 Å². The Labute approximate surface area is 118 Å². The average Bonchev–Trinajstić information content (AvgIpc) is 2.50. The average molecular weight is 265 g/mol. The van der Waals surface area contributed by atoms with Gasteiger partial charge < -0.3 is 10.5 Å². The van der Waals surface area contributed by atoms with Gasteiger partial charge in [-0.2, -0.15) is 5.26 Å². The lowest BCUT2D eigenvalue weighted by Gasteiger charge is -2.11. The molecule has 2 rings (SSSR count). The largest absolute Gasteiger partial charge is 0.493 e. The van der Waals surface area contributed by atoms with E-state index in [9.17, 15) is 5.26 Å². The third kappa shape index (κ3) is 2.78. The second kappa shape index (κ2) is 6.39. The van der Waals surface area contributed by atoms with Crippen molar-refractivity contribution in [1.29, 1.82) is 5.26 Å². The summed E-state index contributed by atoms with van der Waals surface area (Å²) >= 11 is 0. The number of aromatic nitrogens is 1. The quantitative estimate of drug-likeness (QED) is 0.863. The van der Waals surface area contributed by atoms with Gasteiger partial charge >= 0.3 is 0 Å². The molecule has 2 aromatic rings. The molecule has 20 heavy (non-hydrogen) atoms. The predicted molar refractivity (Wildman–Crippen MR) is 78.5 cm³/mol. The molecule has 0 aliphatic rings. The molecule has 100 valence electrons. The van der Waals surface area contributed by atoms with Gasteiger partial charge in [-0.15, -0.1) is 0 Å². The Morgan fingerprint density at radius 2 is 2.10 bits per heavy atom. The minimum atomic E-state index is 0.393. The standard InChI is InChI=1S/C16H15N3O/c1-2-20-15-8-4-3-7-13(15)16(18)14(10-17)12-6-5-9-19-11-12/h3-9,11H,2,18H2,1H3/b16-14+. The molecule has 0 fully saturated rings. The van der Waals surface area contributed by atoms with Crippen molar-refractivity contribution in [2.45, 2.75) is 6.92 Å². The van der Waals surface area contributed by atoms with Gasteiger partial charge in [0.2, 0.25) is 0 Å². The molecule has 0 bridgehead atoms. The summed E-state index contributed by atoms with van der Waals surface area (Å²) in [7, 11) is 0. The van der Waals surface area contributed by atoms with Crippen LogP contribution in [-0.2, 0) is 0 Å². The number of nitrogens with two attached hydrogens (primary N) is 1. The summed E-state index contributed by atoms with van der Waals surface area (Å²) in [6.07, 6.45) is 3.28. The number of rotatable bonds is 4. The van der Waals surface area contributed by atoms with Gasteiger partial charge in [0.1, 0.15) is 11.8 Å². The van der Waals surface area contributed by atoms with E-state index in [0.29, 0.717) is 29.2 Å². The minimum absolute atomic E-state index is 0.393. The molecular formula is C16H15N3O. The summed E-state index contributed by atoms with van der Waals surface area (Å²) < 4.78 is 5.55. The van der Waals surface area contributed by atoms with E-state index in [4.69, 9.17) is 10.5 Å². The second-order valence-electron chi connectivity index (χ2n) is 4.07. The van der Waals surface area contributed by atoms with Crippen molar-refractivity contribution in [2.24, 2.45) is 5.73 Å². The third-order valence-corrected chi connectivity index (χ3v) is 2.81. The summed E-state index contributed by atoms with van der Waals surface area (Å²) in [4.78, 5) is 4.02. The Bertz CT molecular complexity index is 657. The number of hydrogen-bond acceptors (Lipinski definition) is 4. The number of ether oxygens (including phenoxy) is 1. The molecule has 0 saturated carbocycles. The van der Waals surface area contributed by atoms with Crippen LogP contribution in [0.4, 0.5) is 0 Å². The molecule has 0 atom stereocenters. The summed E-state index contributed by atoms with van der Waals surface area (Å²) in [5.74, 6) is 0.671. The van der Waals surface area contributed by atoms with E-state index < -0.39 is 0 Å². The van der Waals surface area contributed by atoms with E-state index >= 15 is 0 Å². The topological polar surface area (TPSA) is 71.9 Å². The van der Waals surface area contributed by atoms with Gasteiger partial charge in [0.25, 0.3) is 0 Å². The first-order valence-corrected chi connectivity index (χ1v) is 6.30. The van der Waals surface area contributed by atoms with E-state index in [1.54, 1.807) is 18.5 Å². The van der Waals surface area contributed by atoms with Crippen LogP contribution in [0.5, 0.6) is 5.75 Å². The number of hydrogen-bond donors (Lipinski definition) is 1. The highest BCUT2D eigenvalue weighted by Crippen LogP contribution is 2.28. The Balaban J connectivity index is 2.55. The molecule has 0 aliphatic heterocycles. The molecule has 0 saturated heterocycles. The van der Waals surface area contributed by atoms with E-state index in [0.717, 1.165) is 5.56 Å². The smallest absolute Gasteiger partial charge is 0.128 e. The fraction of sp³-hybridized carbons (Fsp3) is 0.125. The van der Waals surface area contributed by atoms with E-state index in [-0.39, 0.29) is 0 Å². The lowest BCUT2D eigenvalue weighted by Crippen LogP contribution is -2.04. The first-order valence-electron chi connectivity index (χ1n) is 6.30. The zero-order valence-corrected chi connectivity index (χ0v) is 11.2. The van der Waals surface area contributed by atoms with Crippen LogP contribution in [-0.4, -0.2) is 11.6 Å². The normalized spacial score (nSPS) is 11.4. The lowest BCUT2D eigenvalue weighted by molar-refractivity contribution is 0.339. The van der Waals surface area contributed by atoms with Crippen LogP contribution in [0.1, 0.15) is 18.1 Å². The first kappa shape index (κ1) is 13.6. The van der Waals surface area contributed by atoms with Crippen molar-refractivity contribution in [3.63, 3.8) is 0 Å². The molecule has 0 amide bonds. The molecule has 0 aliphatic carbocycles. The Morgan fingerprint density at radius 1 is 1.30 bits per heavy atom. The number of para-hydroxylation sites is 1. The number of benzene rings is 1. The van der Waals surface area contributed by atoms with Crippen molar-refractivity contribution in [1.82, 2.24) is 4.98 Å². The highest BCUT2D eigenvalue weighted by atomic mass is 16.5. The second-order valence-corrected chi connectivity index (χ2v) is 4.07. The van der Waals surface area contributed by atoms with E-state index in [2.05, 4.69) is 11.1 Å². The predicted octanol–water partition coefficient (Wildman–Crippen LogP) is 2.83. The van der Waals surface area contributed by atoms with Crippen molar-refractivity contribution in [3.8, 4) is 11.8 Å². The van der Waals surface area contributed by atoms with Gasteiger partial charge in [-0.05, 0) is 25.1 Å². The number of pyridine rings is 1. The maximum atomic E-state index is 9.38. The van der Waals surface area contributed by atoms with E-state index in [1.165, 1.54) is 0 Å². The van der Waals surface area contributed by atoms with Gasteiger partial charge in [-0.25, -0.2) is 0 Å². The van der Waals surface area contributed by atoms with Gasteiger partial charge in [-0.1, -0.05) is 18.2 Å². The van der Waals surface area contributed by atoms with Gasteiger partial charge in [0.15, 0.2) is 0 Å². The van der Waals surface area contributed by atoms with Crippen LogP contribution < -0.4 is 10.5 Å². The maximum absolute atomic E-state index is 9.38. The van der Waals surface area contributed by atoms with Crippen molar-refractivity contribution < 1.29 is 4.74 Å². The van der Waals surface area contributed by atoms with Crippen molar-refractivity contribution in [3.05, 3.63) is 59.9 Å². The number of allylic oxidation sites excluding steroid dienone is 1. The molecule has 0 radical (unpaired) electrons. The molecule has 2 N–H and O–H groups in total. The Kier molecular flexibility index (Phi) is 4.35. The zero-order chi connectivity index (χ0) is 14.4. The van der Waals surface area contributed by atoms with Gasteiger partial charge in [-0.3, -0.25) is 4.98 Å². The summed E-state index contributed by atoms with van der Waals surface area (Å²) in [6, 6.07) is 13.1. The molecule has 1 aromatic carbocycles. The van der Waals surface area contributed by atoms with Gasteiger partial charge in [0.05, 0.1) is 17.9 Å². The Hall–Kier alpha value is -2.80. The third-order valence-electron chi connectivity index (χ3n) is 2.81. The molecule has 0 unspecified atom stereocenters. The molecule has 4 heteroatoms. The zero-order valence-electron chi connectivity index (χ0n) is 11.2. The number of nitriles is 1. The van der Waals surface area contributed by atoms with Crippen LogP contribution >= 0.6 is 0 Å². The van der Waals surface area contributed by atoms with E-state index in [1.807, 2.05) is 37.3 Å². The fourth-order valence-electron chi connectivity index (χ4n) is 1.90. The fourth-order valence-corrected chi connectivity index (χ4v) is 1.90. The molecular weight excluding hydrogens is 250 g/mol. The maximum Gasteiger partial charge on any atom is 0.128 e. The molecule has 4 nitrogen and oxygen atoms in total. The van der Waals surface area contributed by atoms with Crippen LogP contribution in [0.15, 0.2) is 48.8 Å². The van der Waals surface area contributed by atoms with Crippen LogP contribution in [0.3, 0.4) is 0 Å². The lowest BCUT2D eigenvalue weighted by atomic mass is 10.0. The SMILES string of the molecule is CCOc1ccccc1/C(N)=C(/C#N)c1cccnc1. The van der Waals surface area contributed by atoms with Crippen molar-refractivity contribution in [2.75, 3.05) is 6.61 Å². The molecule has 1 heterocycles. The number of nitrogens with zero attached hydrogens (tertiary/aromatic N) is 2. The first-order chi connectivity index (χ1) is 9.77. The minimum Gasteiger partial charge on any atom is -0.493 e. The monoisotopic (exact) mass is 265 g/mol. The highest BCUT2D eigenvalue weighted by Gasteiger charge is 2.12. The van der Waals surface area contributed by atoms with Crippen LogP contribution in [0, 0.1) is 11.3 Å².